The first-order chi connectivity index (χ1) is 8.57. The van der Waals surface area contributed by atoms with Crippen LogP contribution in [0.25, 0.3) is 0 Å². The fourth-order valence-corrected chi connectivity index (χ4v) is 2.14. The Bertz CT molecular complexity index is 399. The fourth-order valence-electron chi connectivity index (χ4n) is 2.14. The van der Waals surface area contributed by atoms with E-state index in [1.165, 1.54) is 0 Å². The number of ether oxygens (including phenoxy) is 1. The Labute approximate surface area is 117 Å². The highest BCUT2D eigenvalue weighted by Gasteiger charge is 2.26. The monoisotopic (exact) mass is 264 g/mol. The van der Waals surface area contributed by atoms with Crippen molar-refractivity contribution in [2.75, 3.05) is 6.61 Å². The second-order valence-corrected chi connectivity index (χ2v) is 7.18. The van der Waals surface area contributed by atoms with Crippen molar-refractivity contribution in [2.24, 2.45) is 0 Å². The summed E-state index contributed by atoms with van der Waals surface area (Å²) in [5.41, 5.74) is 2.97. The van der Waals surface area contributed by atoms with E-state index >= 15 is 0 Å². The van der Waals surface area contributed by atoms with E-state index in [-0.39, 0.29) is 10.8 Å². The van der Waals surface area contributed by atoms with Crippen molar-refractivity contribution >= 4 is 0 Å². The average molecular weight is 264 g/mol. The molecule has 1 aromatic rings. The Morgan fingerprint density at radius 2 is 1.37 bits per heavy atom. The number of rotatable bonds is 3. The zero-order valence-electron chi connectivity index (χ0n) is 13.4. The Morgan fingerprint density at radius 3 is 1.68 bits per heavy atom. The van der Waals surface area contributed by atoms with Gasteiger partial charge in [0, 0.05) is 6.61 Å². The van der Waals surface area contributed by atoms with E-state index in [9.17, 15) is 5.11 Å². The maximum absolute atomic E-state index is 10.6. The van der Waals surface area contributed by atoms with Gasteiger partial charge in [-0.25, -0.2) is 0 Å². The van der Waals surface area contributed by atoms with Crippen LogP contribution in [0.2, 0.25) is 0 Å². The van der Waals surface area contributed by atoms with Gasteiger partial charge in [-0.05, 0) is 46.6 Å². The summed E-state index contributed by atoms with van der Waals surface area (Å²) in [6.45, 7) is 16.0. The van der Waals surface area contributed by atoms with Crippen LogP contribution in [-0.2, 0) is 22.2 Å². The number of phenolic OH excluding ortho intramolecular Hbond substituents is 1. The lowest BCUT2D eigenvalue weighted by molar-refractivity contribution is 0.134. The van der Waals surface area contributed by atoms with Crippen molar-refractivity contribution in [1.29, 1.82) is 0 Å². The Hall–Kier alpha value is -1.02. The molecule has 0 saturated heterocycles. The molecule has 0 spiro atoms. The molecule has 0 amide bonds. The molecule has 19 heavy (non-hydrogen) atoms. The number of hydrogen-bond acceptors (Lipinski definition) is 2. The van der Waals surface area contributed by atoms with E-state index in [2.05, 4.69) is 53.7 Å². The molecule has 0 unspecified atom stereocenters. The van der Waals surface area contributed by atoms with Crippen molar-refractivity contribution in [3.8, 4) is 5.75 Å². The number of aromatic hydroxyl groups is 1. The van der Waals surface area contributed by atoms with Gasteiger partial charge in [-0.15, -0.1) is 0 Å². The molecule has 108 valence electrons. The van der Waals surface area contributed by atoms with Gasteiger partial charge in [0.05, 0.1) is 6.61 Å². The van der Waals surface area contributed by atoms with Crippen LogP contribution in [0.15, 0.2) is 12.1 Å². The first kappa shape index (κ1) is 16.0. The first-order valence-corrected chi connectivity index (χ1v) is 7.02. The molecule has 0 atom stereocenters. The smallest absolute Gasteiger partial charge is 0.123 e. The molecule has 2 heteroatoms. The minimum atomic E-state index is -0.0771. The van der Waals surface area contributed by atoms with Gasteiger partial charge in [-0.1, -0.05) is 41.5 Å². The van der Waals surface area contributed by atoms with Crippen LogP contribution < -0.4 is 0 Å². The van der Waals surface area contributed by atoms with Crippen molar-refractivity contribution in [3.63, 3.8) is 0 Å². The predicted octanol–water partition coefficient (Wildman–Crippen LogP) is 4.52. The summed E-state index contributed by atoms with van der Waals surface area (Å²) in [7, 11) is 0. The summed E-state index contributed by atoms with van der Waals surface area (Å²) < 4.78 is 5.51. The van der Waals surface area contributed by atoms with Crippen LogP contribution in [-0.4, -0.2) is 11.7 Å². The second-order valence-electron chi connectivity index (χ2n) is 7.18. The molecule has 0 heterocycles. The minimum Gasteiger partial charge on any atom is -0.507 e. The molecule has 0 saturated carbocycles. The Balaban J connectivity index is 3.39. The SMILES string of the molecule is CCOCc1cc(C(C)(C)C)c(O)c(C(C)(C)C)c1. The lowest BCUT2D eigenvalue weighted by Gasteiger charge is -2.28. The maximum atomic E-state index is 10.6. The molecule has 0 aliphatic heterocycles. The van der Waals surface area contributed by atoms with Gasteiger partial charge in [0.25, 0.3) is 0 Å². The fraction of sp³-hybridized carbons (Fsp3) is 0.647. The molecule has 0 fully saturated rings. The lowest BCUT2D eigenvalue weighted by Crippen LogP contribution is -2.18. The van der Waals surface area contributed by atoms with E-state index in [1.54, 1.807) is 0 Å². The molecule has 0 aliphatic rings. The molecule has 1 rings (SSSR count). The summed E-state index contributed by atoms with van der Waals surface area (Å²) >= 11 is 0. The highest BCUT2D eigenvalue weighted by Crippen LogP contribution is 2.39. The summed E-state index contributed by atoms with van der Waals surface area (Å²) in [4.78, 5) is 0. The highest BCUT2D eigenvalue weighted by atomic mass is 16.5. The summed E-state index contributed by atoms with van der Waals surface area (Å²) in [6, 6.07) is 4.14. The molecule has 0 aliphatic carbocycles. The average Bonchev–Trinajstić information content (AvgIpc) is 2.24. The standard InChI is InChI=1S/C17H28O2/c1-8-19-11-12-9-13(16(2,3)4)15(18)14(10-12)17(5,6)7/h9-10,18H,8,11H2,1-7H3. The molecule has 1 N–H and O–H groups in total. The summed E-state index contributed by atoms with van der Waals surface area (Å²) in [5.74, 6) is 0.431. The van der Waals surface area contributed by atoms with Gasteiger partial charge >= 0.3 is 0 Å². The number of hydrogen-bond donors (Lipinski definition) is 1. The Kier molecular flexibility index (Phi) is 4.67. The van der Waals surface area contributed by atoms with Gasteiger partial charge in [0.15, 0.2) is 0 Å². The van der Waals surface area contributed by atoms with Gasteiger partial charge in [0.2, 0.25) is 0 Å². The van der Waals surface area contributed by atoms with Crippen LogP contribution in [0.3, 0.4) is 0 Å². The van der Waals surface area contributed by atoms with Crippen molar-refractivity contribution in [2.45, 2.75) is 65.9 Å². The number of benzene rings is 1. The quantitative estimate of drug-likeness (QED) is 0.869. The van der Waals surface area contributed by atoms with Crippen molar-refractivity contribution < 1.29 is 9.84 Å². The van der Waals surface area contributed by atoms with E-state index in [0.717, 1.165) is 16.7 Å². The van der Waals surface area contributed by atoms with Gasteiger partial charge in [0.1, 0.15) is 5.75 Å². The van der Waals surface area contributed by atoms with Gasteiger partial charge in [-0.3, -0.25) is 0 Å². The number of phenols is 1. The third-order valence-electron chi connectivity index (χ3n) is 3.26. The van der Waals surface area contributed by atoms with Gasteiger partial charge in [-0.2, -0.15) is 0 Å². The zero-order chi connectivity index (χ0) is 14.8. The first-order valence-electron chi connectivity index (χ1n) is 7.02. The van der Waals surface area contributed by atoms with E-state index in [4.69, 9.17) is 4.74 Å². The summed E-state index contributed by atoms with van der Waals surface area (Å²) in [5, 5.41) is 10.6. The van der Waals surface area contributed by atoms with Crippen molar-refractivity contribution in [3.05, 3.63) is 28.8 Å². The normalized spacial score (nSPS) is 12.8. The van der Waals surface area contributed by atoms with Crippen LogP contribution in [0.1, 0.15) is 65.2 Å². The van der Waals surface area contributed by atoms with Crippen LogP contribution >= 0.6 is 0 Å². The molecule has 1 aromatic carbocycles. The van der Waals surface area contributed by atoms with E-state index < -0.39 is 0 Å². The molecular weight excluding hydrogens is 236 g/mol. The molecule has 0 aromatic heterocycles. The second kappa shape index (κ2) is 5.54. The largest absolute Gasteiger partial charge is 0.507 e. The predicted molar refractivity (Wildman–Crippen MR) is 80.8 cm³/mol. The third kappa shape index (κ3) is 3.97. The van der Waals surface area contributed by atoms with Crippen molar-refractivity contribution in [1.82, 2.24) is 0 Å². The zero-order valence-corrected chi connectivity index (χ0v) is 13.4. The summed E-state index contributed by atoms with van der Waals surface area (Å²) in [6.07, 6.45) is 0. The topological polar surface area (TPSA) is 29.5 Å². The molecule has 2 nitrogen and oxygen atoms in total. The molecular formula is C17H28O2. The maximum Gasteiger partial charge on any atom is 0.123 e. The molecule has 0 radical (unpaired) electrons. The molecule has 0 bridgehead atoms. The lowest BCUT2D eigenvalue weighted by atomic mass is 9.78. The minimum absolute atomic E-state index is 0.0771. The van der Waals surface area contributed by atoms with Gasteiger partial charge < -0.3 is 9.84 Å². The van der Waals surface area contributed by atoms with E-state index in [1.807, 2.05) is 6.92 Å². The Morgan fingerprint density at radius 1 is 0.947 bits per heavy atom. The van der Waals surface area contributed by atoms with Crippen LogP contribution in [0.4, 0.5) is 0 Å². The van der Waals surface area contributed by atoms with E-state index in [0.29, 0.717) is 19.0 Å². The van der Waals surface area contributed by atoms with Crippen LogP contribution in [0.5, 0.6) is 5.75 Å². The third-order valence-corrected chi connectivity index (χ3v) is 3.26. The highest BCUT2D eigenvalue weighted by molar-refractivity contribution is 5.49. The van der Waals surface area contributed by atoms with Crippen LogP contribution in [0, 0.1) is 0 Å².